The predicted molar refractivity (Wildman–Crippen MR) is 114 cm³/mol. The molecule has 1 aliphatic rings. The summed E-state index contributed by atoms with van der Waals surface area (Å²) in [6, 6.07) is 13.7. The van der Waals surface area contributed by atoms with Crippen molar-refractivity contribution in [3.8, 4) is 6.07 Å². The molecular weight excluding hydrogens is 362 g/mol. The van der Waals surface area contributed by atoms with Crippen LogP contribution < -0.4 is 5.32 Å². The highest BCUT2D eigenvalue weighted by molar-refractivity contribution is 6.01. The summed E-state index contributed by atoms with van der Waals surface area (Å²) in [4.78, 5) is 12.5. The van der Waals surface area contributed by atoms with Gasteiger partial charge in [0.05, 0.1) is 6.10 Å². The molecule has 1 fully saturated rings. The largest absolute Gasteiger partial charge is 0.387 e. The SMILES string of the molecule is Cc1cc(/C=C(/C#N)C(=O)NCC(O)c2ccccc2)c(C)n1C1CCCCC1. The van der Waals surface area contributed by atoms with Gasteiger partial charge in [-0.1, -0.05) is 49.6 Å². The highest BCUT2D eigenvalue weighted by Gasteiger charge is 2.20. The first kappa shape index (κ1) is 20.9. The van der Waals surface area contributed by atoms with Gasteiger partial charge < -0.3 is 15.0 Å². The van der Waals surface area contributed by atoms with Gasteiger partial charge in [-0.3, -0.25) is 4.79 Å². The first-order valence-electron chi connectivity index (χ1n) is 10.3. The van der Waals surface area contributed by atoms with Gasteiger partial charge >= 0.3 is 0 Å². The van der Waals surface area contributed by atoms with E-state index in [2.05, 4.69) is 23.7 Å². The summed E-state index contributed by atoms with van der Waals surface area (Å²) in [6.45, 7) is 4.20. The third kappa shape index (κ3) is 4.96. The van der Waals surface area contributed by atoms with Gasteiger partial charge in [0.1, 0.15) is 11.6 Å². The van der Waals surface area contributed by atoms with E-state index in [1.165, 1.54) is 32.1 Å². The Morgan fingerprint density at radius 1 is 1.28 bits per heavy atom. The second-order valence-electron chi connectivity index (χ2n) is 7.79. The topological polar surface area (TPSA) is 78.1 Å². The number of rotatable bonds is 6. The summed E-state index contributed by atoms with van der Waals surface area (Å²) in [5, 5.41) is 22.4. The van der Waals surface area contributed by atoms with Crippen LogP contribution in [0.2, 0.25) is 0 Å². The van der Waals surface area contributed by atoms with Crippen LogP contribution in [0.3, 0.4) is 0 Å². The summed E-state index contributed by atoms with van der Waals surface area (Å²) in [5.41, 5.74) is 3.95. The number of amides is 1. The van der Waals surface area contributed by atoms with Crippen LogP contribution >= 0.6 is 0 Å². The van der Waals surface area contributed by atoms with E-state index in [0.29, 0.717) is 6.04 Å². The Kier molecular flexibility index (Phi) is 6.90. The molecule has 5 heteroatoms. The van der Waals surface area contributed by atoms with Crippen molar-refractivity contribution in [2.24, 2.45) is 0 Å². The molecule has 0 bridgehead atoms. The minimum atomic E-state index is -0.809. The van der Waals surface area contributed by atoms with Crippen molar-refractivity contribution >= 4 is 12.0 Å². The molecule has 1 aromatic heterocycles. The number of carbonyl (C=O) groups is 1. The van der Waals surface area contributed by atoms with Gasteiger partial charge in [0, 0.05) is 24.0 Å². The van der Waals surface area contributed by atoms with E-state index in [1.54, 1.807) is 18.2 Å². The predicted octanol–water partition coefficient (Wildman–Crippen LogP) is 4.37. The molecule has 3 rings (SSSR count). The highest BCUT2D eigenvalue weighted by atomic mass is 16.3. The number of carbonyl (C=O) groups excluding carboxylic acids is 1. The van der Waals surface area contributed by atoms with Crippen LogP contribution in [0.1, 0.15) is 66.8 Å². The number of hydrogen-bond acceptors (Lipinski definition) is 3. The third-order valence-electron chi connectivity index (χ3n) is 5.77. The fourth-order valence-electron chi connectivity index (χ4n) is 4.23. The van der Waals surface area contributed by atoms with Crippen molar-refractivity contribution < 1.29 is 9.90 Å². The van der Waals surface area contributed by atoms with E-state index < -0.39 is 12.0 Å². The Hall–Kier alpha value is -2.84. The fraction of sp³-hybridized carbons (Fsp3) is 0.417. The second kappa shape index (κ2) is 9.58. The summed E-state index contributed by atoms with van der Waals surface area (Å²) < 4.78 is 2.36. The van der Waals surface area contributed by atoms with Gasteiger partial charge in [-0.15, -0.1) is 0 Å². The Balaban J connectivity index is 1.72. The molecule has 1 aromatic carbocycles. The van der Waals surface area contributed by atoms with E-state index in [-0.39, 0.29) is 12.1 Å². The Morgan fingerprint density at radius 3 is 2.62 bits per heavy atom. The zero-order valence-electron chi connectivity index (χ0n) is 17.2. The zero-order valence-corrected chi connectivity index (χ0v) is 17.2. The number of aliphatic hydroxyl groups excluding tert-OH is 1. The summed E-state index contributed by atoms with van der Waals surface area (Å²) in [7, 11) is 0. The number of hydrogen-bond donors (Lipinski definition) is 2. The van der Waals surface area contributed by atoms with Gasteiger partial charge in [-0.2, -0.15) is 5.26 Å². The number of nitriles is 1. The van der Waals surface area contributed by atoms with Crippen molar-refractivity contribution in [2.45, 2.75) is 58.1 Å². The average molecular weight is 392 g/mol. The average Bonchev–Trinajstić information content (AvgIpc) is 3.04. The van der Waals surface area contributed by atoms with Gasteiger partial charge in [0.15, 0.2) is 0 Å². The summed E-state index contributed by atoms with van der Waals surface area (Å²) >= 11 is 0. The quantitative estimate of drug-likeness (QED) is 0.567. The highest BCUT2D eigenvalue weighted by Crippen LogP contribution is 2.32. The number of aliphatic hydroxyl groups is 1. The maximum Gasteiger partial charge on any atom is 0.262 e. The van der Waals surface area contributed by atoms with Crippen molar-refractivity contribution in [2.75, 3.05) is 6.54 Å². The van der Waals surface area contributed by atoms with Crippen LogP contribution in [0, 0.1) is 25.2 Å². The van der Waals surface area contributed by atoms with Gasteiger partial charge in [0.25, 0.3) is 5.91 Å². The van der Waals surface area contributed by atoms with Crippen LogP contribution in [0.25, 0.3) is 6.08 Å². The smallest absolute Gasteiger partial charge is 0.262 e. The first-order chi connectivity index (χ1) is 14.0. The molecule has 5 nitrogen and oxygen atoms in total. The molecule has 0 radical (unpaired) electrons. The van der Waals surface area contributed by atoms with E-state index >= 15 is 0 Å². The lowest BCUT2D eigenvalue weighted by molar-refractivity contribution is -0.117. The molecule has 29 heavy (non-hydrogen) atoms. The van der Waals surface area contributed by atoms with Crippen LogP contribution in [0.4, 0.5) is 0 Å². The van der Waals surface area contributed by atoms with Gasteiger partial charge in [-0.05, 0) is 50.0 Å². The van der Waals surface area contributed by atoms with Gasteiger partial charge in [-0.25, -0.2) is 0 Å². The van der Waals surface area contributed by atoms with Crippen LogP contribution in [-0.4, -0.2) is 22.1 Å². The lowest BCUT2D eigenvalue weighted by Gasteiger charge is -2.26. The van der Waals surface area contributed by atoms with Crippen molar-refractivity contribution in [1.82, 2.24) is 9.88 Å². The Bertz CT molecular complexity index is 916. The van der Waals surface area contributed by atoms with Crippen molar-refractivity contribution in [3.05, 3.63) is 64.5 Å². The van der Waals surface area contributed by atoms with Gasteiger partial charge in [0.2, 0.25) is 0 Å². The number of aromatic nitrogens is 1. The van der Waals surface area contributed by atoms with Crippen molar-refractivity contribution in [3.63, 3.8) is 0 Å². The Labute approximate surface area is 172 Å². The van der Waals surface area contributed by atoms with E-state index in [1.807, 2.05) is 30.3 Å². The molecule has 1 heterocycles. The van der Waals surface area contributed by atoms with Crippen LogP contribution in [0.5, 0.6) is 0 Å². The first-order valence-corrected chi connectivity index (χ1v) is 10.3. The van der Waals surface area contributed by atoms with Crippen molar-refractivity contribution in [1.29, 1.82) is 5.26 Å². The molecule has 2 N–H and O–H groups in total. The minimum absolute atomic E-state index is 0.0501. The maximum absolute atomic E-state index is 12.5. The second-order valence-corrected chi connectivity index (χ2v) is 7.79. The number of nitrogens with zero attached hydrogens (tertiary/aromatic N) is 2. The maximum atomic E-state index is 12.5. The third-order valence-corrected chi connectivity index (χ3v) is 5.77. The molecular formula is C24H29N3O2. The molecule has 152 valence electrons. The Morgan fingerprint density at radius 2 is 1.97 bits per heavy atom. The zero-order chi connectivity index (χ0) is 20.8. The van der Waals surface area contributed by atoms with E-state index in [0.717, 1.165) is 22.5 Å². The molecule has 1 unspecified atom stereocenters. The minimum Gasteiger partial charge on any atom is -0.387 e. The summed E-state index contributed by atoms with van der Waals surface area (Å²) in [5.74, 6) is -0.468. The fourth-order valence-corrected chi connectivity index (χ4v) is 4.23. The number of aryl methyl sites for hydroxylation is 1. The normalized spacial score (nSPS) is 16.3. The monoisotopic (exact) mass is 391 g/mol. The lowest BCUT2D eigenvalue weighted by atomic mass is 9.95. The molecule has 1 atom stereocenters. The standard InChI is InChI=1S/C24H29N3O2/c1-17-13-20(18(2)27(17)22-11-7-4-8-12-22)14-21(15-25)24(29)26-16-23(28)19-9-5-3-6-10-19/h3,5-6,9-10,13-14,22-23,28H,4,7-8,11-12,16H2,1-2H3,(H,26,29)/b21-14-. The summed E-state index contributed by atoms with van der Waals surface area (Å²) in [6.07, 6.45) is 7.02. The number of nitrogens with one attached hydrogen (secondary N) is 1. The number of benzene rings is 1. The molecule has 1 amide bonds. The molecule has 1 saturated carbocycles. The van der Waals surface area contributed by atoms with E-state index in [4.69, 9.17) is 0 Å². The van der Waals surface area contributed by atoms with E-state index in [9.17, 15) is 15.2 Å². The molecule has 0 saturated heterocycles. The molecule has 1 aliphatic carbocycles. The molecule has 2 aromatic rings. The van der Waals surface area contributed by atoms with Crippen LogP contribution in [0.15, 0.2) is 42.0 Å². The lowest BCUT2D eigenvalue weighted by Crippen LogP contribution is -2.29. The molecule has 0 spiro atoms. The van der Waals surface area contributed by atoms with Crippen LogP contribution in [-0.2, 0) is 4.79 Å². The molecule has 0 aliphatic heterocycles.